The van der Waals surface area contributed by atoms with E-state index in [2.05, 4.69) is 12.2 Å². The maximum Gasteiger partial charge on any atom is 0.241 e. The van der Waals surface area contributed by atoms with Crippen LogP contribution in [-0.2, 0) is 11.2 Å². The Hall–Kier alpha value is -1.35. The molecule has 0 saturated carbocycles. The molecule has 1 aromatic rings. The molecule has 1 amide bonds. The number of benzene rings is 1. The van der Waals surface area contributed by atoms with Crippen LogP contribution in [0.4, 0.5) is 5.69 Å². The Morgan fingerprint density at radius 2 is 2.06 bits per heavy atom. The van der Waals surface area contributed by atoms with Crippen LogP contribution in [0, 0.1) is 5.41 Å². The van der Waals surface area contributed by atoms with Crippen molar-refractivity contribution in [3.63, 3.8) is 0 Å². The van der Waals surface area contributed by atoms with Gasteiger partial charge >= 0.3 is 0 Å². The highest BCUT2D eigenvalue weighted by molar-refractivity contribution is 5.95. The molecule has 0 aliphatic heterocycles. The van der Waals surface area contributed by atoms with Crippen LogP contribution in [0.2, 0.25) is 0 Å². The van der Waals surface area contributed by atoms with Crippen molar-refractivity contribution in [2.45, 2.75) is 40.2 Å². The highest BCUT2D eigenvalue weighted by Crippen LogP contribution is 2.19. The van der Waals surface area contributed by atoms with Crippen molar-refractivity contribution in [2.75, 3.05) is 5.32 Å². The summed E-state index contributed by atoms with van der Waals surface area (Å²) in [5, 5.41) is 2.86. The summed E-state index contributed by atoms with van der Waals surface area (Å²) >= 11 is 0. The van der Waals surface area contributed by atoms with E-state index in [0.29, 0.717) is 0 Å². The fourth-order valence-corrected chi connectivity index (χ4v) is 1.48. The number of nitrogens with one attached hydrogen (secondary N) is 1. The van der Waals surface area contributed by atoms with Gasteiger partial charge in [0.15, 0.2) is 0 Å². The second-order valence-corrected chi connectivity index (χ2v) is 5.39. The summed E-state index contributed by atoms with van der Waals surface area (Å²) in [7, 11) is 0. The molecule has 1 aromatic carbocycles. The Labute approximate surface area is 103 Å². The van der Waals surface area contributed by atoms with E-state index in [9.17, 15) is 4.79 Å². The van der Waals surface area contributed by atoms with Crippen molar-refractivity contribution < 1.29 is 4.79 Å². The van der Waals surface area contributed by atoms with E-state index in [4.69, 9.17) is 5.73 Å². The second kappa shape index (κ2) is 5.32. The van der Waals surface area contributed by atoms with Gasteiger partial charge in [0.2, 0.25) is 5.91 Å². The Kier molecular flexibility index (Phi) is 4.29. The molecule has 0 fully saturated rings. The first-order valence-corrected chi connectivity index (χ1v) is 6.00. The summed E-state index contributed by atoms with van der Waals surface area (Å²) in [6, 6.07) is 7.34. The zero-order valence-corrected chi connectivity index (χ0v) is 11.1. The van der Waals surface area contributed by atoms with Crippen LogP contribution in [-0.4, -0.2) is 11.9 Å². The van der Waals surface area contributed by atoms with Gasteiger partial charge in [0.05, 0.1) is 6.04 Å². The first-order chi connectivity index (χ1) is 7.84. The van der Waals surface area contributed by atoms with Crippen LogP contribution in [0.25, 0.3) is 0 Å². The van der Waals surface area contributed by atoms with Crippen molar-refractivity contribution in [3.05, 3.63) is 29.8 Å². The second-order valence-electron chi connectivity index (χ2n) is 5.39. The van der Waals surface area contributed by atoms with Crippen molar-refractivity contribution >= 4 is 11.6 Å². The summed E-state index contributed by atoms with van der Waals surface area (Å²) in [5.41, 5.74) is 7.69. The van der Waals surface area contributed by atoms with Gasteiger partial charge in [-0.05, 0) is 29.5 Å². The lowest BCUT2D eigenvalue weighted by atomic mass is 9.87. The van der Waals surface area contributed by atoms with E-state index in [0.717, 1.165) is 12.1 Å². The molecule has 0 saturated heterocycles. The van der Waals surface area contributed by atoms with E-state index in [1.54, 1.807) is 0 Å². The van der Waals surface area contributed by atoms with Crippen LogP contribution < -0.4 is 11.1 Å². The van der Waals surface area contributed by atoms with Gasteiger partial charge in [-0.15, -0.1) is 0 Å². The summed E-state index contributed by atoms with van der Waals surface area (Å²) < 4.78 is 0. The average Bonchev–Trinajstić information content (AvgIpc) is 2.27. The first kappa shape index (κ1) is 13.7. The number of hydrogen-bond acceptors (Lipinski definition) is 2. The molecule has 94 valence electrons. The molecule has 0 aliphatic rings. The van der Waals surface area contributed by atoms with Gasteiger partial charge in [0.25, 0.3) is 0 Å². The molecule has 0 aliphatic carbocycles. The van der Waals surface area contributed by atoms with Gasteiger partial charge in [-0.25, -0.2) is 0 Å². The van der Waals surface area contributed by atoms with Crippen molar-refractivity contribution in [2.24, 2.45) is 11.1 Å². The number of amides is 1. The van der Waals surface area contributed by atoms with Crippen molar-refractivity contribution in [3.8, 4) is 0 Å². The molecular weight excluding hydrogens is 212 g/mol. The number of nitrogens with two attached hydrogens (primary N) is 1. The van der Waals surface area contributed by atoms with Gasteiger partial charge in [-0.1, -0.05) is 39.8 Å². The lowest BCUT2D eigenvalue weighted by molar-refractivity contribution is -0.119. The SMILES string of the molecule is CCc1cccc(NC(=O)C(N)C(C)(C)C)c1. The first-order valence-electron chi connectivity index (χ1n) is 6.00. The van der Waals surface area contributed by atoms with E-state index >= 15 is 0 Å². The van der Waals surface area contributed by atoms with Gasteiger partial charge in [0.1, 0.15) is 0 Å². The van der Waals surface area contributed by atoms with E-state index < -0.39 is 6.04 Å². The fourth-order valence-electron chi connectivity index (χ4n) is 1.48. The minimum Gasteiger partial charge on any atom is -0.325 e. The van der Waals surface area contributed by atoms with Crippen LogP contribution in [0.1, 0.15) is 33.3 Å². The smallest absolute Gasteiger partial charge is 0.241 e. The highest BCUT2D eigenvalue weighted by Gasteiger charge is 2.27. The molecule has 3 nitrogen and oxygen atoms in total. The van der Waals surface area contributed by atoms with E-state index in [1.165, 1.54) is 5.56 Å². The van der Waals surface area contributed by atoms with E-state index in [-0.39, 0.29) is 11.3 Å². The molecular formula is C14H22N2O. The molecule has 1 atom stereocenters. The van der Waals surface area contributed by atoms with Crippen LogP contribution in [0.15, 0.2) is 24.3 Å². The van der Waals surface area contributed by atoms with Gasteiger partial charge in [0, 0.05) is 5.69 Å². The largest absolute Gasteiger partial charge is 0.325 e. The zero-order chi connectivity index (χ0) is 13.1. The molecule has 3 N–H and O–H groups in total. The number of carbonyl (C=O) groups is 1. The van der Waals surface area contributed by atoms with Gasteiger partial charge in [-0.2, -0.15) is 0 Å². The predicted octanol–water partition coefficient (Wildman–Crippen LogP) is 2.56. The third-order valence-corrected chi connectivity index (χ3v) is 2.82. The monoisotopic (exact) mass is 234 g/mol. The molecule has 1 rings (SSSR count). The Morgan fingerprint density at radius 3 is 2.59 bits per heavy atom. The van der Waals surface area contributed by atoms with Crippen LogP contribution in [0.3, 0.4) is 0 Å². The number of rotatable bonds is 3. The molecule has 3 heteroatoms. The fraction of sp³-hybridized carbons (Fsp3) is 0.500. The van der Waals surface area contributed by atoms with Gasteiger partial charge in [-0.3, -0.25) is 4.79 Å². The molecule has 17 heavy (non-hydrogen) atoms. The maximum absolute atomic E-state index is 11.9. The molecule has 1 unspecified atom stereocenters. The maximum atomic E-state index is 11.9. The minimum atomic E-state index is -0.507. The minimum absolute atomic E-state index is 0.134. The zero-order valence-electron chi connectivity index (χ0n) is 11.1. The third-order valence-electron chi connectivity index (χ3n) is 2.82. The summed E-state index contributed by atoms with van der Waals surface area (Å²) in [5.74, 6) is -0.134. The predicted molar refractivity (Wildman–Crippen MR) is 71.9 cm³/mol. The van der Waals surface area contributed by atoms with Crippen LogP contribution in [0.5, 0.6) is 0 Å². The molecule has 0 spiro atoms. The molecule has 0 bridgehead atoms. The Bertz CT molecular complexity index is 393. The van der Waals surface area contributed by atoms with E-state index in [1.807, 2.05) is 45.0 Å². The molecule has 0 aromatic heterocycles. The molecule has 0 heterocycles. The number of carbonyl (C=O) groups excluding carboxylic acids is 1. The lowest BCUT2D eigenvalue weighted by Gasteiger charge is -2.25. The van der Waals surface area contributed by atoms with Crippen molar-refractivity contribution in [1.29, 1.82) is 0 Å². The standard InChI is InChI=1S/C14H22N2O/c1-5-10-7-6-8-11(9-10)16-13(17)12(15)14(2,3)4/h6-9,12H,5,15H2,1-4H3,(H,16,17). The number of hydrogen-bond donors (Lipinski definition) is 2. The van der Waals surface area contributed by atoms with Crippen LogP contribution >= 0.6 is 0 Å². The summed E-state index contributed by atoms with van der Waals surface area (Å²) in [4.78, 5) is 11.9. The van der Waals surface area contributed by atoms with Gasteiger partial charge < -0.3 is 11.1 Å². The number of anilines is 1. The average molecular weight is 234 g/mol. The van der Waals surface area contributed by atoms with Crippen molar-refractivity contribution in [1.82, 2.24) is 0 Å². The quantitative estimate of drug-likeness (QED) is 0.844. The molecule has 0 radical (unpaired) electrons. The Balaban J connectivity index is 2.74. The lowest BCUT2D eigenvalue weighted by Crippen LogP contribution is -2.45. The topological polar surface area (TPSA) is 55.1 Å². The Morgan fingerprint density at radius 1 is 1.41 bits per heavy atom. The highest BCUT2D eigenvalue weighted by atomic mass is 16.2. The number of aryl methyl sites for hydroxylation is 1. The summed E-state index contributed by atoms with van der Waals surface area (Å²) in [6.45, 7) is 7.96. The summed E-state index contributed by atoms with van der Waals surface area (Å²) in [6.07, 6.45) is 0.953. The normalized spacial score (nSPS) is 13.2. The third kappa shape index (κ3) is 3.86.